The minimum absolute atomic E-state index is 0.600. The quantitative estimate of drug-likeness (QED) is 0.135. The molecule has 55 heavy (non-hydrogen) atoms. The van der Waals surface area contributed by atoms with E-state index in [0.29, 0.717) is 11.3 Å². The molecule has 258 valence electrons. The van der Waals surface area contributed by atoms with Gasteiger partial charge in [-0.15, -0.1) is 0 Å². The first kappa shape index (κ1) is 31.4. The van der Waals surface area contributed by atoms with Crippen molar-refractivity contribution in [2.24, 2.45) is 0 Å². The maximum Gasteiger partial charge on any atom is 0.187 e. The van der Waals surface area contributed by atoms with E-state index in [2.05, 4.69) is 160 Å². The van der Waals surface area contributed by atoms with E-state index in [1.807, 2.05) is 18.2 Å². The molecule has 4 heteroatoms. The van der Waals surface area contributed by atoms with Crippen molar-refractivity contribution in [1.82, 2.24) is 0 Å². The van der Waals surface area contributed by atoms with Crippen LogP contribution in [0.15, 0.2) is 158 Å². The van der Waals surface area contributed by atoms with Gasteiger partial charge in [0.05, 0.1) is 23.6 Å². The predicted molar refractivity (Wildman–Crippen MR) is 224 cm³/mol. The molecule has 0 N–H and O–H groups in total. The van der Waals surface area contributed by atoms with Gasteiger partial charge in [-0.3, -0.25) is 0 Å². The molecule has 0 bridgehead atoms. The summed E-state index contributed by atoms with van der Waals surface area (Å²) in [5, 5.41) is 14.6. The van der Waals surface area contributed by atoms with Crippen molar-refractivity contribution < 1.29 is 0 Å². The minimum atomic E-state index is -0.600. The summed E-state index contributed by atoms with van der Waals surface area (Å²) >= 11 is 0. The van der Waals surface area contributed by atoms with Crippen LogP contribution >= 0.6 is 0 Å². The van der Waals surface area contributed by atoms with Gasteiger partial charge in [-0.1, -0.05) is 109 Å². The lowest BCUT2D eigenvalue weighted by Gasteiger charge is -2.35. The molecule has 0 radical (unpaired) electrons. The van der Waals surface area contributed by atoms with Crippen LogP contribution in [0.2, 0.25) is 0 Å². The standard InChI is InChI=1S/C51H34N4/c1-53-38-17-23-48-35(29-38)25-27-55(48)40-19-21-44-46(31-40)51(36-10-4-2-5-11-36,37-12-6-3-7-13-37)50-43-20-18-39(30-45(43)41-14-8-9-15-42(41)49(44)50)54-26-24-34-28-33(32-52)16-22-47(34)54/h2-23,28-31H,24-27H2. The zero-order valence-corrected chi connectivity index (χ0v) is 30.1. The van der Waals surface area contributed by atoms with E-state index in [4.69, 9.17) is 6.57 Å². The number of hydrogen-bond acceptors (Lipinski definition) is 3. The van der Waals surface area contributed by atoms with Crippen molar-refractivity contribution >= 4 is 50.0 Å². The van der Waals surface area contributed by atoms with Gasteiger partial charge in [-0.05, 0) is 127 Å². The van der Waals surface area contributed by atoms with Gasteiger partial charge in [-0.2, -0.15) is 5.26 Å². The van der Waals surface area contributed by atoms with Gasteiger partial charge in [-0.25, -0.2) is 4.85 Å². The second kappa shape index (κ2) is 11.9. The molecule has 0 saturated carbocycles. The number of rotatable bonds is 4. The summed E-state index contributed by atoms with van der Waals surface area (Å²) in [5.74, 6) is 0. The van der Waals surface area contributed by atoms with Crippen molar-refractivity contribution in [2.45, 2.75) is 18.3 Å². The number of nitriles is 1. The van der Waals surface area contributed by atoms with E-state index >= 15 is 0 Å². The molecule has 8 aromatic carbocycles. The van der Waals surface area contributed by atoms with Crippen LogP contribution in [0.1, 0.15) is 38.9 Å². The Balaban J connectivity index is 1.21. The van der Waals surface area contributed by atoms with Crippen LogP contribution in [-0.4, -0.2) is 13.1 Å². The Morgan fingerprint density at radius 1 is 0.564 bits per heavy atom. The highest BCUT2D eigenvalue weighted by Gasteiger charge is 2.48. The summed E-state index contributed by atoms with van der Waals surface area (Å²) in [6, 6.07) is 59.9. The first-order chi connectivity index (χ1) is 27.2. The zero-order valence-electron chi connectivity index (χ0n) is 30.1. The maximum absolute atomic E-state index is 9.57. The third kappa shape index (κ3) is 4.43. The topological polar surface area (TPSA) is 34.6 Å². The highest BCUT2D eigenvalue weighted by molar-refractivity contribution is 6.20. The molecule has 0 atom stereocenters. The van der Waals surface area contributed by atoms with Crippen LogP contribution in [0.3, 0.4) is 0 Å². The van der Waals surface area contributed by atoms with E-state index < -0.39 is 5.41 Å². The largest absolute Gasteiger partial charge is 0.341 e. The lowest BCUT2D eigenvalue weighted by atomic mass is 9.66. The molecule has 3 aliphatic rings. The fraction of sp³-hybridized carbons (Fsp3) is 0.0980. The molecular weight excluding hydrogens is 669 g/mol. The van der Waals surface area contributed by atoms with Crippen molar-refractivity contribution in [3.05, 3.63) is 208 Å². The van der Waals surface area contributed by atoms with Gasteiger partial charge < -0.3 is 9.80 Å². The molecule has 4 nitrogen and oxygen atoms in total. The van der Waals surface area contributed by atoms with Crippen molar-refractivity contribution in [3.63, 3.8) is 0 Å². The van der Waals surface area contributed by atoms with E-state index in [1.54, 1.807) is 0 Å². The normalized spacial score (nSPS) is 14.7. The van der Waals surface area contributed by atoms with Gasteiger partial charge in [0.25, 0.3) is 0 Å². The van der Waals surface area contributed by atoms with Crippen molar-refractivity contribution in [2.75, 3.05) is 22.9 Å². The highest BCUT2D eigenvalue weighted by atomic mass is 15.2. The predicted octanol–water partition coefficient (Wildman–Crippen LogP) is 12.2. The Kier molecular flexibility index (Phi) is 6.81. The Labute approximate surface area is 320 Å². The average Bonchev–Trinajstić information content (AvgIpc) is 3.96. The molecule has 0 fully saturated rings. The van der Waals surface area contributed by atoms with Gasteiger partial charge in [0.1, 0.15) is 0 Å². The zero-order chi connectivity index (χ0) is 36.7. The Morgan fingerprint density at radius 2 is 1.18 bits per heavy atom. The molecule has 11 rings (SSSR count). The molecule has 0 unspecified atom stereocenters. The molecule has 0 spiro atoms. The van der Waals surface area contributed by atoms with E-state index in [1.165, 1.54) is 83.1 Å². The summed E-state index contributed by atoms with van der Waals surface area (Å²) < 4.78 is 0. The summed E-state index contributed by atoms with van der Waals surface area (Å²) in [4.78, 5) is 8.56. The summed E-state index contributed by atoms with van der Waals surface area (Å²) in [6.07, 6.45) is 1.83. The fourth-order valence-corrected chi connectivity index (χ4v) is 9.99. The number of anilines is 4. The molecule has 2 aliphatic heterocycles. The highest BCUT2D eigenvalue weighted by Crippen LogP contribution is 2.61. The molecule has 0 amide bonds. The van der Waals surface area contributed by atoms with Crippen LogP contribution in [-0.2, 0) is 18.3 Å². The smallest absolute Gasteiger partial charge is 0.187 e. The van der Waals surface area contributed by atoms with Crippen LogP contribution in [0.5, 0.6) is 0 Å². The Morgan fingerprint density at radius 3 is 1.87 bits per heavy atom. The molecular formula is C51H34N4. The van der Waals surface area contributed by atoms with Crippen LogP contribution in [0.4, 0.5) is 28.4 Å². The van der Waals surface area contributed by atoms with E-state index in [9.17, 15) is 5.26 Å². The SMILES string of the molecule is [C-]#[N+]c1ccc2c(c1)CCN2c1ccc2c(c1)C(c1ccccc1)(c1ccccc1)c1c-2c2ccccc2c2cc(N3CCc4cc(C#N)ccc43)ccc12. The number of benzene rings is 8. The fourth-order valence-electron chi connectivity index (χ4n) is 9.99. The van der Waals surface area contributed by atoms with Gasteiger partial charge in [0, 0.05) is 35.8 Å². The maximum atomic E-state index is 9.57. The molecule has 0 aromatic heterocycles. The number of nitrogens with zero attached hydrogens (tertiary/aromatic N) is 4. The van der Waals surface area contributed by atoms with Gasteiger partial charge >= 0.3 is 0 Å². The molecule has 0 saturated heterocycles. The van der Waals surface area contributed by atoms with Crippen LogP contribution in [0, 0.1) is 17.9 Å². The first-order valence-corrected chi connectivity index (χ1v) is 19.0. The number of fused-ring (bicyclic) bond motifs is 10. The Hall–Kier alpha value is -7.14. The van der Waals surface area contributed by atoms with Crippen LogP contribution in [0.25, 0.3) is 37.5 Å². The van der Waals surface area contributed by atoms with Crippen LogP contribution < -0.4 is 9.80 Å². The average molecular weight is 703 g/mol. The third-order valence-corrected chi connectivity index (χ3v) is 12.3. The number of hydrogen-bond donors (Lipinski definition) is 0. The second-order valence-corrected chi connectivity index (χ2v) is 14.9. The van der Waals surface area contributed by atoms with Gasteiger partial charge in [0.2, 0.25) is 0 Å². The Bertz CT molecular complexity index is 2930. The molecule has 2 heterocycles. The minimum Gasteiger partial charge on any atom is -0.341 e. The van der Waals surface area contributed by atoms with E-state index in [-0.39, 0.29) is 0 Å². The summed E-state index contributed by atoms with van der Waals surface area (Å²) in [7, 11) is 0. The summed E-state index contributed by atoms with van der Waals surface area (Å²) in [5.41, 5.74) is 15.6. The van der Waals surface area contributed by atoms with E-state index in [0.717, 1.165) is 31.6 Å². The summed E-state index contributed by atoms with van der Waals surface area (Å²) in [6.45, 7) is 9.34. The van der Waals surface area contributed by atoms with Gasteiger partial charge in [0.15, 0.2) is 5.69 Å². The molecule has 1 aliphatic carbocycles. The third-order valence-electron chi connectivity index (χ3n) is 12.3. The monoisotopic (exact) mass is 702 g/mol. The lowest BCUT2D eigenvalue weighted by molar-refractivity contribution is 0.775. The van der Waals surface area contributed by atoms with Crippen molar-refractivity contribution in [3.8, 4) is 17.2 Å². The first-order valence-electron chi connectivity index (χ1n) is 19.0. The van der Waals surface area contributed by atoms with Crippen molar-refractivity contribution in [1.29, 1.82) is 5.26 Å². The lowest BCUT2D eigenvalue weighted by Crippen LogP contribution is -2.29. The second-order valence-electron chi connectivity index (χ2n) is 14.9. The molecule has 8 aromatic rings.